The molecule has 0 bridgehead atoms. The summed E-state index contributed by atoms with van der Waals surface area (Å²) >= 11 is 0. The number of rotatable bonds is 2. The molecule has 0 aromatic heterocycles. The van der Waals surface area contributed by atoms with Crippen molar-refractivity contribution >= 4 is 10.1 Å². The van der Waals surface area contributed by atoms with E-state index < -0.39 is 21.5 Å². The first-order valence-electron chi connectivity index (χ1n) is 3.79. The van der Waals surface area contributed by atoms with Crippen LogP contribution in [-0.2, 0) is 10.1 Å². The summed E-state index contributed by atoms with van der Waals surface area (Å²) in [6, 6.07) is 0. The molecule has 1 aliphatic carbocycles. The van der Waals surface area contributed by atoms with Gasteiger partial charge in [0.2, 0.25) is 0 Å². The standard InChI is InChI=1S/C7H12O4S.Na/c8-7(12(9,10)11)6-4-2-1-3-5-6;/h1-2,6-8H,3-5H2,(H,9,10,11);/q;+1/p-1. The summed E-state index contributed by atoms with van der Waals surface area (Å²) < 4.78 is 31.2. The minimum atomic E-state index is -4.53. The predicted octanol–water partition coefficient (Wildman–Crippen LogP) is -2.79. The van der Waals surface area contributed by atoms with Gasteiger partial charge in [0.05, 0.1) is 0 Å². The third kappa shape index (κ3) is 4.10. The first-order valence-corrected chi connectivity index (χ1v) is 5.26. The molecule has 0 aromatic carbocycles. The fourth-order valence-electron chi connectivity index (χ4n) is 1.31. The number of allylic oxidation sites excluding steroid dienone is 2. The SMILES string of the molecule is O=S(=O)([O-])C(O)C1CC=CCC1.[Na+]. The topological polar surface area (TPSA) is 77.4 Å². The molecule has 0 spiro atoms. The zero-order chi connectivity index (χ0) is 9.19. The molecule has 4 nitrogen and oxygen atoms in total. The number of aliphatic hydroxyl groups excluding tert-OH is 1. The third-order valence-corrected chi connectivity index (χ3v) is 2.99. The first kappa shape index (κ1) is 13.6. The zero-order valence-electron chi connectivity index (χ0n) is 7.51. The van der Waals surface area contributed by atoms with Crippen LogP contribution < -0.4 is 29.6 Å². The van der Waals surface area contributed by atoms with E-state index in [2.05, 4.69) is 0 Å². The first-order chi connectivity index (χ1) is 5.52. The van der Waals surface area contributed by atoms with Gasteiger partial charge in [0.1, 0.15) is 15.6 Å². The van der Waals surface area contributed by atoms with Crippen LogP contribution in [0.5, 0.6) is 0 Å². The molecule has 13 heavy (non-hydrogen) atoms. The van der Waals surface area contributed by atoms with Crippen molar-refractivity contribution < 1.29 is 47.6 Å². The van der Waals surface area contributed by atoms with Crippen molar-refractivity contribution in [2.75, 3.05) is 0 Å². The molecule has 1 aliphatic rings. The molecule has 0 aliphatic heterocycles. The minimum absolute atomic E-state index is 0. The Morgan fingerprint density at radius 3 is 2.46 bits per heavy atom. The molecule has 2 atom stereocenters. The van der Waals surface area contributed by atoms with Gasteiger partial charge < -0.3 is 9.66 Å². The molecule has 6 heteroatoms. The molecule has 0 radical (unpaired) electrons. The summed E-state index contributed by atoms with van der Waals surface area (Å²) in [4.78, 5) is 0. The normalized spacial score (nSPS) is 24.9. The summed E-state index contributed by atoms with van der Waals surface area (Å²) in [5, 5.41) is 9.08. The molecule has 1 rings (SSSR count). The predicted molar refractivity (Wildman–Crippen MR) is 42.2 cm³/mol. The van der Waals surface area contributed by atoms with E-state index in [4.69, 9.17) is 5.11 Å². The second-order valence-corrected chi connectivity index (χ2v) is 4.40. The largest absolute Gasteiger partial charge is 1.00 e. The van der Waals surface area contributed by atoms with Gasteiger partial charge in [-0.25, -0.2) is 8.42 Å². The fraction of sp³-hybridized carbons (Fsp3) is 0.714. The van der Waals surface area contributed by atoms with Crippen molar-refractivity contribution in [3.8, 4) is 0 Å². The van der Waals surface area contributed by atoms with Crippen molar-refractivity contribution in [1.82, 2.24) is 0 Å². The van der Waals surface area contributed by atoms with Crippen LogP contribution >= 0.6 is 0 Å². The van der Waals surface area contributed by atoms with E-state index in [0.29, 0.717) is 12.8 Å². The van der Waals surface area contributed by atoms with Gasteiger partial charge in [-0.2, -0.15) is 0 Å². The number of hydrogen-bond donors (Lipinski definition) is 1. The Hall–Kier alpha value is 0.610. The molecule has 0 fully saturated rings. The van der Waals surface area contributed by atoms with Crippen molar-refractivity contribution in [2.45, 2.75) is 24.7 Å². The van der Waals surface area contributed by atoms with Gasteiger partial charge in [0.15, 0.2) is 0 Å². The van der Waals surface area contributed by atoms with Gasteiger partial charge in [-0.3, -0.25) is 0 Å². The van der Waals surface area contributed by atoms with E-state index >= 15 is 0 Å². The Bertz CT molecular complexity index is 272. The van der Waals surface area contributed by atoms with Crippen molar-refractivity contribution in [2.24, 2.45) is 5.92 Å². The number of aliphatic hydroxyl groups is 1. The Labute approximate surface area is 100 Å². The molecule has 0 aromatic rings. The molecule has 70 valence electrons. The average Bonchev–Trinajstić information content (AvgIpc) is 2.03. The van der Waals surface area contributed by atoms with Crippen LogP contribution in [-0.4, -0.2) is 23.5 Å². The quantitative estimate of drug-likeness (QED) is 0.306. The van der Waals surface area contributed by atoms with Gasteiger partial charge in [-0.15, -0.1) is 0 Å². The maximum absolute atomic E-state index is 10.4. The van der Waals surface area contributed by atoms with Gasteiger partial charge in [-0.1, -0.05) is 12.2 Å². The summed E-state index contributed by atoms with van der Waals surface area (Å²) in [5.41, 5.74) is -1.73. The Morgan fingerprint density at radius 1 is 1.46 bits per heavy atom. The van der Waals surface area contributed by atoms with Crippen LogP contribution in [0.4, 0.5) is 0 Å². The zero-order valence-corrected chi connectivity index (χ0v) is 10.3. The molecule has 0 saturated heterocycles. The Morgan fingerprint density at radius 2 is 2.08 bits per heavy atom. The molecular formula is C7H11NaO4S. The maximum atomic E-state index is 10.4. The molecule has 2 unspecified atom stereocenters. The Kier molecular flexibility index (Phi) is 5.74. The van der Waals surface area contributed by atoms with Crippen molar-refractivity contribution in [1.29, 1.82) is 0 Å². The van der Waals surface area contributed by atoms with E-state index in [1.165, 1.54) is 0 Å². The van der Waals surface area contributed by atoms with E-state index in [-0.39, 0.29) is 29.6 Å². The van der Waals surface area contributed by atoms with Gasteiger partial charge in [-0.05, 0) is 19.3 Å². The van der Waals surface area contributed by atoms with Gasteiger partial charge in [0, 0.05) is 5.92 Å². The number of hydrogen-bond acceptors (Lipinski definition) is 4. The van der Waals surface area contributed by atoms with Crippen molar-refractivity contribution in [3.05, 3.63) is 12.2 Å². The van der Waals surface area contributed by atoms with E-state index in [0.717, 1.165) is 6.42 Å². The minimum Gasteiger partial charge on any atom is -0.746 e. The second kappa shape index (κ2) is 5.48. The second-order valence-electron chi connectivity index (χ2n) is 2.93. The van der Waals surface area contributed by atoms with Gasteiger partial charge >= 0.3 is 29.6 Å². The summed E-state index contributed by atoms with van der Waals surface area (Å²) in [7, 11) is -4.53. The molecule has 0 amide bonds. The van der Waals surface area contributed by atoms with Crippen LogP contribution in [0.2, 0.25) is 0 Å². The molecule has 1 N–H and O–H groups in total. The van der Waals surface area contributed by atoms with E-state index in [1.54, 1.807) is 6.08 Å². The van der Waals surface area contributed by atoms with Crippen LogP contribution in [0.3, 0.4) is 0 Å². The average molecular weight is 214 g/mol. The molecule has 0 heterocycles. The monoisotopic (exact) mass is 214 g/mol. The van der Waals surface area contributed by atoms with Crippen LogP contribution in [0, 0.1) is 5.92 Å². The maximum Gasteiger partial charge on any atom is 1.00 e. The summed E-state index contributed by atoms with van der Waals surface area (Å²) in [6.07, 6.45) is 5.49. The van der Waals surface area contributed by atoms with Crippen molar-refractivity contribution in [3.63, 3.8) is 0 Å². The van der Waals surface area contributed by atoms with Gasteiger partial charge in [0.25, 0.3) is 0 Å². The van der Waals surface area contributed by atoms with Crippen LogP contribution in [0.25, 0.3) is 0 Å². The van der Waals surface area contributed by atoms with Crippen LogP contribution in [0.15, 0.2) is 12.2 Å². The summed E-state index contributed by atoms with van der Waals surface area (Å²) in [5.74, 6) is -0.419. The third-order valence-electron chi connectivity index (χ3n) is 2.01. The molecular weight excluding hydrogens is 203 g/mol. The summed E-state index contributed by atoms with van der Waals surface area (Å²) in [6.45, 7) is 0. The van der Waals surface area contributed by atoms with Crippen LogP contribution in [0.1, 0.15) is 19.3 Å². The van der Waals surface area contributed by atoms with E-state index in [1.807, 2.05) is 6.08 Å². The Balaban J connectivity index is 0.00000144. The smallest absolute Gasteiger partial charge is 0.746 e. The molecule has 0 saturated carbocycles. The fourth-order valence-corrected chi connectivity index (χ4v) is 2.03. The van der Waals surface area contributed by atoms with E-state index in [9.17, 15) is 13.0 Å².